The van der Waals surface area contributed by atoms with Crippen LogP contribution in [0.1, 0.15) is 31.2 Å². The molecule has 2 aliphatic rings. The lowest BCUT2D eigenvalue weighted by molar-refractivity contribution is -0.130. The third-order valence-corrected chi connectivity index (χ3v) is 5.65. The standard InChI is InChI=1S/C22H25ClN6O3/c1-29-9-4-8-24-20-19-15(22(31)28-21(19)27-13-26-20)12-25-14-6-7-16(23)17(11-14)32-10-3-2-5-18(29)30/h6-7,11-13,25H,2-5,8-10H2,1H3,(H2,24,26,27,28,31)/b15-12-. The number of amides is 2. The largest absolute Gasteiger partial charge is 0.492 e. The van der Waals surface area contributed by atoms with Crippen LogP contribution in [-0.2, 0) is 9.59 Å². The normalized spacial score (nSPS) is 19.1. The maximum atomic E-state index is 12.6. The number of nitrogens with one attached hydrogen (secondary N) is 3. The molecule has 168 valence electrons. The molecule has 3 N–H and O–H groups in total. The van der Waals surface area contributed by atoms with E-state index in [4.69, 9.17) is 16.3 Å². The van der Waals surface area contributed by atoms with Gasteiger partial charge in [0.05, 0.1) is 22.8 Å². The summed E-state index contributed by atoms with van der Waals surface area (Å²) in [5.41, 5.74) is 1.75. The maximum absolute atomic E-state index is 12.6. The molecule has 1 aromatic carbocycles. The number of halogens is 1. The first-order chi connectivity index (χ1) is 15.5. The Balaban J connectivity index is 1.62. The third-order valence-electron chi connectivity index (χ3n) is 5.34. The van der Waals surface area contributed by atoms with Gasteiger partial charge in [0.15, 0.2) is 0 Å². The Bertz CT molecular complexity index is 1060. The van der Waals surface area contributed by atoms with E-state index in [1.54, 1.807) is 29.3 Å². The van der Waals surface area contributed by atoms with Crippen LogP contribution < -0.4 is 20.7 Å². The van der Waals surface area contributed by atoms with E-state index in [9.17, 15) is 9.59 Å². The van der Waals surface area contributed by atoms with E-state index >= 15 is 0 Å². The highest BCUT2D eigenvalue weighted by Crippen LogP contribution is 2.35. The number of rotatable bonds is 0. The van der Waals surface area contributed by atoms with Crippen LogP contribution in [0.4, 0.5) is 17.3 Å². The Morgan fingerprint density at radius 3 is 2.84 bits per heavy atom. The molecular weight excluding hydrogens is 432 g/mol. The molecule has 2 amide bonds. The van der Waals surface area contributed by atoms with E-state index in [1.165, 1.54) is 6.33 Å². The molecule has 3 heterocycles. The highest BCUT2D eigenvalue weighted by atomic mass is 35.5. The Hall–Kier alpha value is -3.33. The zero-order chi connectivity index (χ0) is 22.5. The van der Waals surface area contributed by atoms with Crippen LogP contribution in [0.15, 0.2) is 30.7 Å². The molecule has 32 heavy (non-hydrogen) atoms. The Kier molecular flexibility index (Phi) is 6.75. The smallest absolute Gasteiger partial charge is 0.259 e. The fraction of sp³-hybridized carbons (Fsp3) is 0.364. The van der Waals surface area contributed by atoms with Gasteiger partial charge in [-0.25, -0.2) is 9.97 Å². The first kappa shape index (κ1) is 21.9. The third kappa shape index (κ3) is 4.94. The van der Waals surface area contributed by atoms with Crippen molar-refractivity contribution in [3.05, 3.63) is 41.3 Å². The summed E-state index contributed by atoms with van der Waals surface area (Å²) in [6.45, 7) is 1.69. The quantitative estimate of drug-likeness (QED) is 0.557. The van der Waals surface area contributed by atoms with Gasteiger partial charge in [0, 0.05) is 44.5 Å². The molecule has 0 unspecified atom stereocenters. The fourth-order valence-corrected chi connectivity index (χ4v) is 3.73. The molecule has 4 rings (SSSR count). The van der Waals surface area contributed by atoms with Gasteiger partial charge in [-0.2, -0.15) is 0 Å². The number of hydrogen-bond acceptors (Lipinski definition) is 7. The van der Waals surface area contributed by atoms with Gasteiger partial charge >= 0.3 is 0 Å². The van der Waals surface area contributed by atoms with Crippen molar-refractivity contribution < 1.29 is 14.3 Å². The van der Waals surface area contributed by atoms with Crippen molar-refractivity contribution in [2.75, 3.05) is 42.7 Å². The van der Waals surface area contributed by atoms with Gasteiger partial charge < -0.3 is 25.6 Å². The molecule has 9 nitrogen and oxygen atoms in total. The number of aromatic nitrogens is 2. The van der Waals surface area contributed by atoms with Crippen molar-refractivity contribution in [2.45, 2.75) is 25.7 Å². The van der Waals surface area contributed by atoms with Gasteiger partial charge in [-0.15, -0.1) is 0 Å². The molecule has 10 heteroatoms. The average molecular weight is 457 g/mol. The van der Waals surface area contributed by atoms with E-state index in [-0.39, 0.29) is 11.8 Å². The van der Waals surface area contributed by atoms with Gasteiger partial charge in [0.1, 0.15) is 23.7 Å². The van der Waals surface area contributed by atoms with E-state index in [0.29, 0.717) is 59.7 Å². The lowest BCUT2D eigenvalue weighted by atomic mass is 10.1. The van der Waals surface area contributed by atoms with Gasteiger partial charge in [-0.1, -0.05) is 11.6 Å². The fourth-order valence-electron chi connectivity index (χ4n) is 3.55. The van der Waals surface area contributed by atoms with E-state index < -0.39 is 0 Å². The van der Waals surface area contributed by atoms with Crippen molar-refractivity contribution in [3.8, 4) is 5.75 Å². The second kappa shape index (κ2) is 9.86. The summed E-state index contributed by atoms with van der Waals surface area (Å²) < 4.78 is 5.82. The Labute approximate surface area is 191 Å². The summed E-state index contributed by atoms with van der Waals surface area (Å²) in [5.74, 6) is 1.40. The summed E-state index contributed by atoms with van der Waals surface area (Å²) in [7, 11) is 1.81. The van der Waals surface area contributed by atoms with Crippen LogP contribution in [0.5, 0.6) is 5.75 Å². The molecule has 2 aliphatic heterocycles. The second-order valence-electron chi connectivity index (χ2n) is 7.65. The zero-order valence-corrected chi connectivity index (χ0v) is 18.5. The predicted octanol–water partition coefficient (Wildman–Crippen LogP) is 3.36. The monoisotopic (exact) mass is 456 g/mol. The van der Waals surface area contributed by atoms with Crippen LogP contribution in [0.3, 0.4) is 0 Å². The number of carbonyl (C=O) groups excluding carboxylic acids is 2. The molecule has 0 fully saturated rings. The van der Waals surface area contributed by atoms with Crippen LogP contribution in [0.25, 0.3) is 5.57 Å². The first-order valence-corrected chi connectivity index (χ1v) is 10.9. The topological polar surface area (TPSA) is 108 Å². The molecule has 2 aromatic rings. The number of carbonyl (C=O) groups is 2. The maximum Gasteiger partial charge on any atom is 0.259 e. The van der Waals surface area contributed by atoms with Gasteiger partial charge in [0.25, 0.3) is 5.91 Å². The first-order valence-electron chi connectivity index (χ1n) is 10.6. The van der Waals surface area contributed by atoms with Gasteiger partial charge in [-0.05, 0) is 31.4 Å². The zero-order valence-electron chi connectivity index (χ0n) is 17.8. The summed E-state index contributed by atoms with van der Waals surface area (Å²) in [6, 6.07) is 5.32. The molecule has 0 radical (unpaired) electrons. The highest BCUT2D eigenvalue weighted by Gasteiger charge is 2.29. The van der Waals surface area contributed by atoms with Crippen molar-refractivity contribution in [2.24, 2.45) is 0 Å². The minimum Gasteiger partial charge on any atom is -0.492 e. The van der Waals surface area contributed by atoms with Crippen LogP contribution in [-0.4, -0.2) is 53.4 Å². The van der Waals surface area contributed by atoms with Gasteiger partial charge in [0.2, 0.25) is 5.91 Å². The Morgan fingerprint density at radius 1 is 1.12 bits per heavy atom. The number of anilines is 3. The predicted molar refractivity (Wildman–Crippen MR) is 124 cm³/mol. The summed E-state index contributed by atoms with van der Waals surface area (Å²) >= 11 is 6.27. The number of hydrogen-bond donors (Lipinski definition) is 3. The SMILES string of the molecule is CN1CCCNc2ncnc3c2/C(=C/Nc2ccc(Cl)c(c2)OCCCCC1=O)C(=O)N3. The lowest BCUT2D eigenvalue weighted by Gasteiger charge is -2.17. The van der Waals surface area contributed by atoms with Crippen molar-refractivity contribution in [1.29, 1.82) is 0 Å². The Morgan fingerprint density at radius 2 is 1.97 bits per heavy atom. The molecule has 0 aliphatic carbocycles. The van der Waals surface area contributed by atoms with Crippen molar-refractivity contribution in [1.82, 2.24) is 14.9 Å². The van der Waals surface area contributed by atoms with Crippen LogP contribution >= 0.6 is 11.6 Å². The minimum absolute atomic E-state index is 0.107. The molecule has 0 atom stereocenters. The van der Waals surface area contributed by atoms with Gasteiger partial charge in [-0.3, -0.25) is 9.59 Å². The number of nitrogens with zero attached hydrogens (tertiary/aromatic N) is 3. The highest BCUT2D eigenvalue weighted by molar-refractivity contribution is 6.33. The van der Waals surface area contributed by atoms with Crippen LogP contribution in [0, 0.1) is 0 Å². The van der Waals surface area contributed by atoms with Crippen molar-refractivity contribution >= 4 is 46.3 Å². The summed E-state index contributed by atoms with van der Waals surface area (Å²) in [6.07, 6.45) is 5.74. The minimum atomic E-state index is -0.266. The molecular formula is C22H25ClN6O3. The van der Waals surface area contributed by atoms with Crippen molar-refractivity contribution in [3.63, 3.8) is 0 Å². The lowest BCUT2D eigenvalue weighted by Crippen LogP contribution is -2.28. The molecule has 2 bridgehead atoms. The number of ether oxygens (including phenoxy) is 1. The van der Waals surface area contributed by atoms with E-state index in [0.717, 1.165) is 24.9 Å². The number of benzene rings is 1. The molecule has 0 spiro atoms. The molecule has 1 aromatic heterocycles. The average Bonchev–Trinajstić information content (AvgIpc) is 3.11. The second-order valence-corrected chi connectivity index (χ2v) is 8.06. The van der Waals surface area contributed by atoms with E-state index in [2.05, 4.69) is 25.9 Å². The van der Waals surface area contributed by atoms with Crippen LogP contribution in [0.2, 0.25) is 5.02 Å². The number of fused-ring (bicyclic) bond motifs is 2. The summed E-state index contributed by atoms with van der Waals surface area (Å²) in [5, 5.41) is 9.68. The summed E-state index contributed by atoms with van der Waals surface area (Å²) in [4.78, 5) is 35.1. The van der Waals surface area contributed by atoms with E-state index in [1.807, 2.05) is 7.05 Å². The molecule has 0 saturated carbocycles. The molecule has 0 saturated heterocycles.